The predicted octanol–water partition coefficient (Wildman–Crippen LogP) is 4.63. The summed E-state index contributed by atoms with van der Waals surface area (Å²) in [5, 5.41) is 0. The van der Waals surface area contributed by atoms with Crippen LogP contribution in [-0.2, 0) is 9.53 Å². The summed E-state index contributed by atoms with van der Waals surface area (Å²) in [6.07, 6.45) is 13.0. The first-order valence-corrected chi connectivity index (χ1v) is 8.05. The average molecular weight is 264 g/mol. The quantitative estimate of drug-likeness (QED) is 0.546. The van der Waals surface area contributed by atoms with E-state index in [-0.39, 0.29) is 12.1 Å². The summed E-state index contributed by atoms with van der Waals surface area (Å²) in [6, 6.07) is 0. The molecule has 0 aromatic rings. The zero-order valence-corrected chi connectivity index (χ0v) is 12.3. The highest BCUT2D eigenvalue weighted by Gasteiger charge is 2.34. The monoisotopic (exact) mass is 264 g/mol. The Bertz CT molecular complexity index is 291. The predicted molar refractivity (Wildman–Crippen MR) is 77.8 cm³/mol. The van der Waals surface area contributed by atoms with Crippen LogP contribution in [0.1, 0.15) is 71.1 Å². The molecule has 2 aliphatic rings. The van der Waals surface area contributed by atoms with Crippen LogP contribution in [0.15, 0.2) is 12.2 Å². The van der Waals surface area contributed by atoms with E-state index in [1.165, 1.54) is 64.2 Å². The fourth-order valence-corrected chi connectivity index (χ4v) is 3.73. The minimum atomic E-state index is -0.179. The second kappa shape index (κ2) is 7.12. The van der Waals surface area contributed by atoms with Gasteiger partial charge in [0.2, 0.25) is 0 Å². The Morgan fingerprint density at radius 3 is 1.74 bits per heavy atom. The highest BCUT2D eigenvalue weighted by Crippen LogP contribution is 2.37. The SMILES string of the molecule is C=C(C)C(=O)OC(C1CCCCC1)C1CCCCC1. The molecule has 0 aromatic heterocycles. The van der Waals surface area contributed by atoms with Crippen LogP contribution in [-0.4, -0.2) is 12.1 Å². The molecule has 2 fully saturated rings. The Balaban J connectivity index is 2.02. The molecule has 2 nitrogen and oxygen atoms in total. The van der Waals surface area contributed by atoms with Crippen molar-refractivity contribution in [1.82, 2.24) is 0 Å². The minimum Gasteiger partial charge on any atom is -0.458 e. The first kappa shape index (κ1) is 14.6. The molecule has 19 heavy (non-hydrogen) atoms. The van der Waals surface area contributed by atoms with Crippen molar-refractivity contribution in [1.29, 1.82) is 0 Å². The van der Waals surface area contributed by atoms with Gasteiger partial charge < -0.3 is 4.74 Å². The molecule has 2 heteroatoms. The standard InChI is InChI=1S/C17H28O2/c1-13(2)17(18)19-16(14-9-5-3-6-10-14)15-11-7-4-8-12-15/h14-16H,1,3-12H2,2H3. The normalized spacial score (nSPS) is 22.4. The number of hydrogen-bond acceptors (Lipinski definition) is 2. The van der Waals surface area contributed by atoms with Crippen LogP contribution in [0.4, 0.5) is 0 Å². The van der Waals surface area contributed by atoms with E-state index in [2.05, 4.69) is 6.58 Å². The van der Waals surface area contributed by atoms with E-state index < -0.39 is 0 Å². The summed E-state index contributed by atoms with van der Waals surface area (Å²) in [7, 11) is 0. The molecule has 2 aliphatic carbocycles. The maximum absolute atomic E-state index is 11.9. The van der Waals surface area contributed by atoms with Crippen molar-refractivity contribution < 1.29 is 9.53 Å². The second-order valence-corrected chi connectivity index (χ2v) is 6.45. The van der Waals surface area contributed by atoms with Gasteiger partial charge in [0.05, 0.1) is 0 Å². The molecular weight excluding hydrogens is 236 g/mol. The van der Waals surface area contributed by atoms with Gasteiger partial charge in [-0.15, -0.1) is 0 Å². The second-order valence-electron chi connectivity index (χ2n) is 6.45. The van der Waals surface area contributed by atoms with Crippen LogP contribution < -0.4 is 0 Å². The summed E-state index contributed by atoms with van der Waals surface area (Å²) in [4.78, 5) is 11.9. The lowest BCUT2D eigenvalue weighted by Gasteiger charge is -2.37. The van der Waals surface area contributed by atoms with E-state index in [1.807, 2.05) is 0 Å². The zero-order chi connectivity index (χ0) is 13.7. The largest absolute Gasteiger partial charge is 0.458 e. The lowest BCUT2D eigenvalue weighted by atomic mass is 9.75. The molecule has 2 rings (SSSR count). The third-order valence-corrected chi connectivity index (χ3v) is 4.82. The molecule has 0 heterocycles. The van der Waals surface area contributed by atoms with E-state index >= 15 is 0 Å². The van der Waals surface area contributed by atoms with Crippen LogP contribution in [0.2, 0.25) is 0 Å². The lowest BCUT2D eigenvalue weighted by Crippen LogP contribution is -2.36. The smallest absolute Gasteiger partial charge is 0.333 e. The molecule has 0 saturated heterocycles. The summed E-state index contributed by atoms with van der Waals surface area (Å²) >= 11 is 0. The molecule has 0 N–H and O–H groups in total. The highest BCUT2D eigenvalue weighted by molar-refractivity contribution is 5.87. The first-order chi connectivity index (χ1) is 9.18. The van der Waals surface area contributed by atoms with E-state index in [9.17, 15) is 4.79 Å². The molecule has 0 amide bonds. The Kier molecular flexibility index (Phi) is 5.47. The summed E-state index contributed by atoms with van der Waals surface area (Å²) in [6.45, 7) is 5.47. The number of carbonyl (C=O) groups excluding carboxylic acids is 1. The van der Waals surface area contributed by atoms with Crippen molar-refractivity contribution in [2.75, 3.05) is 0 Å². The van der Waals surface area contributed by atoms with Crippen LogP contribution in [0.25, 0.3) is 0 Å². The Morgan fingerprint density at radius 1 is 0.947 bits per heavy atom. The minimum absolute atomic E-state index is 0.157. The number of ether oxygens (including phenoxy) is 1. The van der Waals surface area contributed by atoms with Gasteiger partial charge in [0.1, 0.15) is 6.10 Å². The Hall–Kier alpha value is -0.790. The third-order valence-electron chi connectivity index (χ3n) is 4.82. The van der Waals surface area contributed by atoms with Gasteiger partial charge in [-0.25, -0.2) is 4.79 Å². The molecule has 0 unspecified atom stereocenters. The van der Waals surface area contributed by atoms with Crippen LogP contribution in [0.3, 0.4) is 0 Å². The number of esters is 1. The van der Waals surface area contributed by atoms with Crippen molar-refractivity contribution in [3.05, 3.63) is 12.2 Å². The molecule has 0 aliphatic heterocycles. The van der Waals surface area contributed by atoms with Gasteiger partial charge in [-0.3, -0.25) is 0 Å². The summed E-state index contributed by atoms with van der Waals surface area (Å²) < 4.78 is 5.85. The van der Waals surface area contributed by atoms with Gasteiger partial charge in [0, 0.05) is 5.57 Å². The van der Waals surface area contributed by atoms with Gasteiger partial charge in [-0.2, -0.15) is 0 Å². The molecule has 0 bridgehead atoms. The molecule has 0 spiro atoms. The Morgan fingerprint density at radius 2 is 1.37 bits per heavy atom. The fraction of sp³-hybridized carbons (Fsp3) is 0.824. The van der Waals surface area contributed by atoms with Gasteiger partial charge >= 0.3 is 5.97 Å². The third kappa shape index (κ3) is 4.09. The topological polar surface area (TPSA) is 26.3 Å². The number of hydrogen-bond donors (Lipinski definition) is 0. The first-order valence-electron chi connectivity index (χ1n) is 8.05. The Labute approximate surface area is 117 Å². The highest BCUT2D eigenvalue weighted by atomic mass is 16.5. The molecule has 0 aromatic carbocycles. The van der Waals surface area contributed by atoms with Crippen molar-refractivity contribution in [3.8, 4) is 0 Å². The van der Waals surface area contributed by atoms with Gasteiger partial charge in [0.25, 0.3) is 0 Å². The fourth-order valence-electron chi connectivity index (χ4n) is 3.73. The van der Waals surface area contributed by atoms with Crippen LogP contribution >= 0.6 is 0 Å². The lowest BCUT2D eigenvalue weighted by molar-refractivity contribution is -0.152. The van der Waals surface area contributed by atoms with E-state index in [1.54, 1.807) is 6.92 Å². The maximum atomic E-state index is 11.9. The molecule has 108 valence electrons. The molecule has 0 atom stereocenters. The van der Waals surface area contributed by atoms with Gasteiger partial charge in [-0.05, 0) is 44.4 Å². The molecule has 0 radical (unpaired) electrons. The maximum Gasteiger partial charge on any atom is 0.333 e. The average Bonchev–Trinajstić information content (AvgIpc) is 2.46. The number of rotatable bonds is 4. The van der Waals surface area contributed by atoms with Crippen molar-refractivity contribution >= 4 is 5.97 Å². The van der Waals surface area contributed by atoms with Crippen molar-refractivity contribution in [2.24, 2.45) is 11.8 Å². The molecular formula is C17H28O2. The van der Waals surface area contributed by atoms with Crippen molar-refractivity contribution in [2.45, 2.75) is 77.2 Å². The van der Waals surface area contributed by atoms with E-state index in [0.29, 0.717) is 17.4 Å². The zero-order valence-electron chi connectivity index (χ0n) is 12.3. The van der Waals surface area contributed by atoms with Gasteiger partial charge in [-0.1, -0.05) is 45.1 Å². The van der Waals surface area contributed by atoms with Crippen molar-refractivity contribution in [3.63, 3.8) is 0 Å². The molecule has 2 saturated carbocycles. The van der Waals surface area contributed by atoms with Crippen LogP contribution in [0.5, 0.6) is 0 Å². The van der Waals surface area contributed by atoms with E-state index in [4.69, 9.17) is 4.74 Å². The number of carbonyl (C=O) groups is 1. The summed E-state index contributed by atoms with van der Waals surface area (Å²) in [5.41, 5.74) is 0.539. The van der Waals surface area contributed by atoms with Crippen LogP contribution in [0, 0.1) is 11.8 Å². The van der Waals surface area contributed by atoms with Gasteiger partial charge in [0.15, 0.2) is 0 Å². The summed E-state index contributed by atoms with van der Waals surface area (Å²) in [5.74, 6) is 1.02. The van der Waals surface area contributed by atoms with E-state index in [0.717, 1.165) is 0 Å².